The first-order valence-electron chi connectivity index (χ1n) is 6.04. The first-order chi connectivity index (χ1) is 7.86. The summed E-state index contributed by atoms with van der Waals surface area (Å²) in [6.45, 7) is 5.60. The Bertz CT molecular complexity index is 264. The Kier molecular flexibility index (Phi) is 7.43. The maximum absolute atomic E-state index is 4.04. The summed E-state index contributed by atoms with van der Waals surface area (Å²) in [6, 6.07) is 4.20. The number of pyridine rings is 1. The second kappa shape index (κ2) is 8.71. The number of unbranched alkanes of at least 4 members (excludes halogenated alkanes) is 2. The van der Waals surface area contributed by atoms with E-state index in [0.717, 1.165) is 18.4 Å². The highest BCUT2D eigenvalue weighted by Gasteiger charge is 2.02. The largest absolute Gasteiger partial charge is 0.299 e. The molecular weight excluding hydrogens is 264 g/mol. The lowest BCUT2D eigenvalue weighted by molar-refractivity contribution is 0.273. The van der Waals surface area contributed by atoms with Crippen LogP contribution < -0.4 is 0 Å². The van der Waals surface area contributed by atoms with Gasteiger partial charge in [0.05, 0.1) is 0 Å². The summed E-state index contributed by atoms with van der Waals surface area (Å²) in [6.07, 6.45) is 7.64. The zero-order valence-electron chi connectivity index (χ0n) is 10.0. The lowest BCUT2D eigenvalue weighted by Crippen LogP contribution is -2.24. The van der Waals surface area contributed by atoms with Crippen molar-refractivity contribution in [2.45, 2.75) is 32.7 Å². The molecule has 16 heavy (non-hydrogen) atoms. The molecule has 1 aromatic rings. The molecule has 0 saturated carbocycles. The molecule has 1 rings (SSSR count). The molecule has 3 heteroatoms. The molecule has 0 aromatic carbocycles. The van der Waals surface area contributed by atoms with Crippen LogP contribution in [0.25, 0.3) is 0 Å². The van der Waals surface area contributed by atoms with Crippen LogP contribution in [0.2, 0.25) is 0 Å². The molecule has 0 bridgehead atoms. The van der Waals surface area contributed by atoms with Crippen LogP contribution >= 0.6 is 15.9 Å². The molecule has 0 aliphatic carbocycles. The number of halogens is 1. The normalized spacial score (nSPS) is 10.9. The van der Waals surface area contributed by atoms with E-state index in [4.69, 9.17) is 0 Å². The number of hydrogen-bond donors (Lipinski definition) is 0. The molecule has 0 N–H and O–H groups in total. The molecule has 0 aliphatic heterocycles. The molecule has 0 spiro atoms. The highest BCUT2D eigenvalue weighted by molar-refractivity contribution is 9.09. The van der Waals surface area contributed by atoms with Crippen molar-refractivity contribution in [3.8, 4) is 0 Å². The third kappa shape index (κ3) is 5.61. The summed E-state index contributed by atoms with van der Waals surface area (Å²) in [5.74, 6) is 0. The molecule has 1 aromatic heterocycles. The van der Waals surface area contributed by atoms with E-state index < -0.39 is 0 Å². The van der Waals surface area contributed by atoms with Crippen molar-refractivity contribution >= 4 is 15.9 Å². The summed E-state index contributed by atoms with van der Waals surface area (Å²) < 4.78 is 0. The Morgan fingerprint density at radius 1 is 1.19 bits per heavy atom. The van der Waals surface area contributed by atoms with Crippen molar-refractivity contribution in [2.75, 3.05) is 18.4 Å². The monoisotopic (exact) mass is 284 g/mol. The molecule has 0 atom stereocenters. The lowest BCUT2D eigenvalue weighted by Gasteiger charge is -2.20. The predicted octanol–water partition coefficient (Wildman–Crippen LogP) is 3.47. The second-order valence-corrected chi connectivity index (χ2v) is 4.77. The summed E-state index contributed by atoms with van der Waals surface area (Å²) in [5.41, 5.74) is 1.36. The second-order valence-electron chi connectivity index (χ2n) is 3.97. The Hall–Kier alpha value is -0.410. The smallest absolute Gasteiger partial charge is 0.0271 e. The zero-order chi connectivity index (χ0) is 11.6. The molecule has 0 saturated heterocycles. The molecule has 0 radical (unpaired) electrons. The van der Waals surface area contributed by atoms with Crippen LogP contribution in [0, 0.1) is 0 Å². The summed E-state index contributed by atoms with van der Waals surface area (Å²) in [5, 5.41) is 1.13. The van der Waals surface area contributed by atoms with Gasteiger partial charge in [0.25, 0.3) is 0 Å². The van der Waals surface area contributed by atoms with E-state index in [1.807, 2.05) is 12.4 Å². The van der Waals surface area contributed by atoms with E-state index in [1.54, 1.807) is 0 Å². The van der Waals surface area contributed by atoms with E-state index in [-0.39, 0.29) is 0 Å². The predicted molar refractivity (Wildman–Crippen MR) is 72.8 cm³/mol. The van der Waals surface area contributed by atoms with Crippen LogP contribution in [0.5, 0.6) is 0 Å². The number of hydrogen-bond acceptors (Lipinski definition) is 2. The standard InChI is InChI=1S/C13H21BrN2/c1-2-16(11-5-3-4-8-14)12-13-6-9-15-10-7-13/h6-7,9-10H,2-5,8,11-12H2,1H3. The van der Waals surface area contributed by atoms with Crippen molar-refractivity contribution in [2.24, 2.45) is 0 Å². The third-order valence-electron chi connectivity index (χ3n) is 2.71. The van der Waals surface area contributed by atoms with Gasteiger partial charge in [0, 0.05) is 24.3 Å². The highest BCUT2D eigenvalue weighted by Crippen LogP contribution is 2.06. The molecule has 2 nitrogen and oxygen atoms in total. The molecule has 1 heterocycles. The van der Waals surface area contributed by atoms with Gasteiger partial charge >= 0.3 is 0 Å². The van der Waals surface area contributed by atoms with Gasteiger partial charge in [0.2, 0.25) is 0 Å². The topological polar surface area (TPSA) is 16.1 Å². The van der Waals surface area contributed by atoms with Gasteiger partial charge in [-0.1, -0.05) is 29.3 Å². The van der Waals surface area contributed by atoms with Crippen molar-refractivity contribution in [3.63, 3.8) is 0 Å². The Labute approximate surface area is 107 Å². The van der Waals surface area contributed by atoms with Gasteiger partial charge in [0.15, 0.2) is 0 Å². The minimum absolute atomic E-state index is 1.05. The minimum Gasteiger partial charge on any atom is -0.299 e. The van der Waals surface area contributed by atoms with Crippen LogP contribution in [0.15, 0.2) is 24.5 Å². The third-order valence-corrected chi connectivity index (χ3v) is 3.27. The van der Waals surface area contributed by atoms with Crippen LogP contribution in [-0.2, 0) is 6.54 Å². The number of aromatic nitrogens is 1. The van der Waals surface area contributed by atoms with Crippen LogP contribution in [0.1, 0.15) is 31.7 Å². The van der Waals surface area contributed by atoms with Gasteiger partial charge in [-0.2, -0.15) is 0 Å². The molecule has 90 valence electrons. The van der Waals surface area contributed by atoms with E-state index in [1.165, 1.54) is 31.4 Å². The quantitative estimate of drug-likeness (QED) is 0.537. The van der Waals surface area contributed by atoms with Crippen molar-refractivity contribution in [1.29, 1.82) is 0 Å². The van der Waals surface area contributed by atoms with Crippen molar-refractivity contribution in [1.82, 2.24) is 9.88 Å². The molecule has 0 fully saturated rings. The average molecular weight is 285 g/mol. The van der Waals surface area contributed by atoms with Crippen molar-refractivity contribution < 1.29 is 0 Å². The Morgan fingerprint density at radius 3 is 2.56 bits per heavy atom. The van der Waals surface area contributed by atoms with E-state index in [2.05, 4.69) is 44.9 Å². The van der Waals surface area contributed by atoms with Gasteiger partial charge < -0.3 is 0 Å². The fourth-order valence-electron chi connectivity index (χ4n) is 1.70. The maximum Gasteiger partial charge on any atom is 0.0271 e. The minimum atomic E-state index is 1.05. The first kappa shape index (κ1) is 13.7. The van der Waals surface area contributed by atoms with E-state index in [9.17, 15) is 0 Å². The Morgan fingerprint density at radius 2 is 1.94 bits per heavy atom. The van der Waals surface area contributed by atoms with Crippen LogP contribution in [-0.4, -0.2) is 28.3 Å². The van der Waals surface area contributed by atoms with Gasteiger partial charge in [-0.3, -0.25) is 9.88 Å². The van der Waals surface area contributed by atoms with Crippen LogP contribution in [0.3, 0.4) is 0 Å². The summed E-state index contributed by atoms with van der Waals surface area (Å²) in [4.78, 5) is 6.53. The first-order valence-corrected chi connectivity index (χ1v) is 7.16. The zero-order valence-corrected chi connectivity index (χ0v) is 11.6. The van der Waals surface area contributed by atoms with E-state index in [0.29, 0.717) is 0 Å². The summed E-state index contributed by atoms with van der Waals surface area (Å²) >= 11 is 3.47. The summed E-state index contributed by atoms with van der Waals surface area (Å²) in [7, 11) is 0. The number of rotatable bonds is 8. The molecular formula is C13H21BrN2. The Balaban J connectivity index is 2.26. The highest BCUT2D eigenvalue weighted by atomic mass is 79.9. The number of alkyl halides is 1. The van der Waals surface area contributed by atoms with Gasteiger partial charge in [-0.25, -0.2) is 0 Å². The maximum atomic E-state index is 4.04. The fourth-order valence-corrected chi connectivity index (χ4v) is 2.10. The van der Waals surface area contributed by atoms with Crippen molar-refractivity contribution in [3.05, 3.63) is 30.1 Å². The fraction of sp³-hybridized carbons (Fsp3) is 0.615. The lowest BCUT2D eigenvalue weighted by atomic mass is 10.2. The van der Waals surface area contributed by atoms with Gasteiger partial charge in [-0.15, -0.1) is 0 Å². The molecule has 0 unspecified atom stereocenters. The SMILES string of the molecule is CCN(CCCCCBr)Cc1ccncc1. The average Bonchev–Trinajstić information content (AvgIpc) is 2.34. The van der Waals surface area contributed by atoms with Crippen LogP contribution in [0.4, 0.5) is 0 Å². The van der Waals surface area contributed by atoms with E-state index >= 15 is 0 Å². The van der Waals surface area contributed by atoms with Gasteiger partial charge in [-0.05, 0) is 43.6 Å². The molecule has 0 amide bonds. The number of nitrogens with zero attached hydrogens (tertiary/aromatic N) is 2. The van der Waals surface area contributed by atoms with Gasteiger partial charge in [0.1, 0.15) is 0 Å². The molecule has 0 aliphatic rings.